The highest BCUT2D eigenvalue weighted by molar-refractivity contribution is 5.87. The van der Waals surface area contributed by atoms with Gasteiger partial charge in [-0.3, -0.25) is 9.59 Å². The summed E-state index contributed by atoms with van der Waals surface area (Å²) in [5.74, 6) is 3.32. The van der Waals surface area contributed by atoms with Gasteiger partial charge in [0.15, 0.2) is 0 Å². The number of hydrogen-bond donors (Lipinski definition) is 4. The highest BCUT2D eigenvalue weighted by Gasteiger charge is 2.57. The monoisotopic (exact) mass is 840 g/mol. The maximum absolute atomic E-state index is 15.0. The van der Waals surface area contributed by atoms with Crippen LogP contribution in [-0.2, 0) is 19.1 Å². The number of fused-ring (bicyclic) bond motifs is 1. The van der Waals surface area contributed by atoms with E-state index in [0.29, 0.717) is 23.9 Å². The standard InChI is InChI=1S/C45H54F2N8O6/c1-25(2)35(52-41(58)60-7)39(56)54-23-43(5,44(6,46)47)20-33(54)37-48-22-32(51-37)29-14-11-27(12-15-29)9-10-28-13-16-30-31(19-28)50-38(49-30)34-21-45(17-18-45)24-55(34)40(57)36(26(3)4)53-42(59)61-8/h11-16,19,22,25-26,33-36H,17-18,20-21,23-24H2,1-8H3,(H,48,51)(H,49,50)(H,52,58)(H,53,59)/t33-,34-,35-,36-,43-/m0/s1. The summed E-state index contributed by atoms with van der Waals surface area (Å²) < 4.78 is 39.6. The number of nitrogens with one attached hydrogen (secondary N) is 4. The number of likely N-dealkylation sites (tertiary alicyclic amines) is 2. The van der Waals surface area contributed by atoms with Crippen molar-refractivity contribution in [3.05, 3.63) is 71.4 Å². The lowest BCUT2D eigenvalue weighted by Gasteiger charge is -2.32. The molecule has 4 amide bonds. The number of alkyl halides is 2. The van der Waals surface area contributed by atoms with E-state index in [0.717, 1.165) is 53.9 Å². The van der Waals surface area contributed by atoms with Crippen LogP contribution in [0.1, 0.15) is 102 Å². The van der Waals surface area contributed by atoms with Gasteiger partial charge in [0.1, 0.15) is 23.7 Å². The minimum atomic E-state index is -3.09. The van der Waals surface area contributed by atoms with Gasteiger partial charge in [-0.1, -0.05) is 58.6 Å². The molecule has 324 valence electrons. The molecule has 7 rings (SSSR count). The van der Waals surface area contributed by atoms with Crippen molar-refractivity contribution in [2.24, 2.45) is 22.7 Å². The predicted octanol–water partition coefficient (Wildman–Crippen LogP) is 7.10. The minimum Gasteiger partial charge on any atom is -0.453 e. The SMILES string of the molecule is COC(=O)N[C@H](C(=O)N1C[C@@](C)(C(C)(F)F)C[C@H]1c1ncc(-c2ccc(C#Cc3ccc4nc([C@@H]5CC6(CC6)CN5C(=O)[C@@H](NC(=O)OC)C(C)C)[nH]c4c3)cc2)[nH]1)C(C)C. The molecular weight excluding hydrogens is 787 g/mol. The fourth-order valence-electron chi connectivity index (χ4n) is 8.50. The summed E-state index contributed by atoms with van der Waals surface area (Å²) in [6.07, 6.45) is 3.06. The Hall–Kier alpha value is -5.98. The number of amides is 4. The van der Waals surface area contributed by atoms with E-state index < -0.39 is 47.6 Å². The molecule has 0 unspecified atom stereocenters. The number of carbonyl (C=O) groups is 4. The largest absolute Gasteiger partial charge is 0.453 e. The van der Waals surface area contributed by atoms with Gasteiger partial charge in [0.05, 0.1) is 54.6 Å². The molecule has 4 heterocycles. The van der Waals surface area contributed by atoms with E-state index in [1.54, 1.807) is 20.0 Å². The molecule has 4 N–H and O–H groups in total. The van der Waals surface area contributed by atoms with E-state index in [-0.39, 0.29) is 42.2 Å². The zero-order valence-electron chi connectivity index (χ0n) is 35.8. The van der Waals surface area contributed by atoms with Gasteiger partial charge in [-0.05, 0) is 85.8 Å². The molecule has 61 heavy (non-hydrogen) atoms. The van der Waals surface area contributed by atoms with Crippen molar-refractivity contribution >= 4 is 35.0 Å². The second-order valence-electron chi connectivity index (χ2n) is 17.9. The van der Waals surface area contributed by atoms with Gasteiger partial charge in [0, 0.05) is 24.2 Å². The van der Waals surface area contributed by atoms with Gasteiger partial charge >= 0.3 is 12.2 Å². The number of H-pyrrole nitrogens is 2. The minimum absolute atomic E-state index is 0.0350. The Labute approximate surface area is 353 Å². The third-order valence-electron chi connectivity index (χ3n) is 12.7. The van der Waals surface area contributed by atoms with E-state index in [1.165, 1.54) is 26.0 Å². The van der Waals surface area contributed by atoms with Crippen molar-refractivity contribution in [2.45, 2.75) is 97.3 Å². The fraction of sp³-hybridized carbons (Fsp3) is 0.511. The average molecular weight is 841 g/mol. The van der Waals surface area contributed by atoms with Crippen molar-refractivity contribution in [3.63, 3.8) is 0 Å². The first-order chi connectivity index (χ1) is 28.8. The summed E-state index contributed by atoms with van der Waals surface area (Å²) >= 11 is 0. The molecule has 0 bridgehead atoms. The van der Waals surface area contributed by atoms with Gasteiger partial charge in [-0.2, -0.15) is 0 Å². The summed E-state index contributed by atoms with van der Waals surface area (Å²) in [6, 6.07) is 10.5. The molecule has 0 radical (unpaired) electrons. The molecule has 1 saturated carbocycles. The van der Waals surface area contributed by atoms with Crippen LogP contribution in [0.5, 0.6) is 0 Å². The Balaban J connectivity index is 1.07. The summed E-state index contributed by atoms with van der Waals surface area (Å²) in [5, 5.41) is 5.29. The molecule has 2 saturated heterocycles. The predicted molar refractivity (Wildman–Crippen MR) is 223 cm³/mol. The number of carbonyl (C=O) groups excluding carboxylic acids is 4. The van der Waals surface area contributed by atoms with E-state index in [1.807, 2.05) is 61.2 Å². The number of alkyl carbamates (subject to hydrolysis) is 2. The first kappa shape index (κ1) is 43.1. The molecule has 2 aromatic heterocycles. The van der Waals surface area contributed by atoms with Crippen LogP contribution in [0, 0.1) is 34.5 Å². The van der Waals surface area contributed by atoms with Crippen LogP contribution in [0.3, 0.4) is 0 Å². The van der Waals surface area contributed by atoms with Gasteiger partial charge < -0.3 is 39.9 Å². The molecule has 14 nitrogen and oxygen atoms in total. The Kier molecular flexibility index (Phi) is 11.6. The molecule has 3 fully saturated rings. The summed E-state index contributed by atoms with van der Waals surface area (Å²) in [5.41, 5.74) is 3.07. The lowest BCUT2D eigenvalue weighted by atomic mass is 9.82. The molecular formula is C45H54F2N8O6. The number of rotatable bonds is 10. The third kappa shape index (κ3) is 8.78. The Morgan fingerprint density at radius 1 is 0.820 bits per heavy atom. The molecule has 3 aliphatic rings. The quantitative estimate of drug-likeness (QED) is 0.122. The lowest BCUT2D eigenvalue weighted by molar-refractivity contribution is -0.137. The first-order valence-electron chi connectivity index (χ1n) is 20.7. The number of nitrogens with zero attached hydrogens (tertiary/aromatic N) is 4. The number of imidazole rings is 2. The number of hydrogen-bond acceptors (Lipinski definition) is 8. The molecule has 1 aliphatic carbocycles. The first-order valence-corrected chi connectivity index (χ1v) is 20.7. The number of benzene rings is 2. The number of methoxy groups -OCH3 is 2. The van der Waals surface area contributed by atoms with Crippen molar-refractivity contribution < 1.29 is 37.4 Å². The van der Waals surface area contributed by atoms with E-state index in [4.69, 9.17) is 14.5 Å². The van der Waals surface area contributed by atoms with Crippen molar-refractivity contribution in [1.82, 2.24) is 40.4 Å². The average Bonchev–Trinajstić information content (AvgIpc) is 3.63. The smallest absolute Gasteiger partial charge is 0.407 e. The van der Waals surface area contributed by atoms with Gasteiger partial charge in [-0.15, -0.1) is 0 Å². The Morgan fingerprint density at radius 3 is 1.93 bits per heavy atom. The molecule has 4 aromatic rings. The van der Waals surface area contributed by atoms with E-state index >= 15 is 8.78 Å². The highest BCUT2D eigenvalue weighted by atomic mass is 19.3. The second kappa shape index (κ2) is 16.5. The summed E-state index contributed by atoms with van der Waals surface area (Å²) in [6.45, 7) is 10.1. The zero-order chi connectivity index (χ0) is 44.0. The normalized spacial score (nSPS) is 21.6. The highest BCUT2D eigenvalue weighted by Crippen LogP contribution is 2.58. The molecule has 16 heteroatoms. The molecule has 2 aromatic carbocycles. The van der Waals surface area contributed by atoms with Crippen molar-refractivity contribution in [2.75, 3.05) is 27.3 Å². The maximum atomic E-state index is 15.0. The van der Waals surface area contributed by atoms with Crippen LogP contribution in [0.25, 0.3) is 22.3 Å². The molecule has 1 spiro atoms. The second-order valence-corrected chi connectivity index (χ2v) is 17.9. The van der Waals surface area contributed by atoms with E-state index in [9.17, 15) is 19.2 Å². The Bertz CT molecular complexity index is 2370. The topological polar surface area (TPSA) is 175 Å². The van der Waals surface area contributed by atoms with Gasteiger partial charge in [0.25, 0.3) is 5.92 Å². The van der Waals surface area contributed by atoms with Crippen LogP contribution in [0.2, 0.25) is 0 Å². The van der Waals surface area contributed by atoms with Crippen LogP contribution in [-0.4, -0.2) is 99.1 Å². The number of aromatic amines is 2. The van der Waals surface area contributed by atoms with Gasteiger partial charge in [0.2, 0.25) is 11.8 Å². The lowest BCUT2D eigenvalue weighted by Crippen LogP contribution is -2.52. The van der Waals surface area contributed by atoms with Crippen LogP contribution < -0.4 is 10.6 Å². The number of ether oxygens (including phenoxy) is 2. The van der Waals surface area contributed by atoms with Crippen molar-refractivity contribution in [3.8, 4) is 23.1 Å². The third-order valence-corrected chi connectivity index (χ3v) is 12.7. The van der Waals surface area contributed by atoms with Crippen LogP contribution in [0.15, 0.2) is 48.7 Å². The maximum Gasteiger partial charge on any atom is 0.407 e. The van der Waals surface area contributed by atoms with E-state index in [2.05, 4.69) is 37.4 Å². The number of aromatic nitrogens is 4. The zero-order valence-corrected chi connectivity index (χ0v) is 35.8. The summed E-state index contributed by atoms with van der Waals surface area (Å²) in [7, 11) is 2.48. The van der Waals surface area contributed by atoms with Crippen LogP contribution in [0.4, 0.5) is 18.4 Å². The van der Waals surface area contributed by atoms with Gasteiger partial charge in [-0.25, -0.2) is 28.3 Å². The van der Waals surface area contributed by atoms with Crippen LogP contribution >= 0.6 is 0 Å². The molecule has 5 atom stereocenters. The van der Waals surface area contributed by atoms with Crippen molar-refractivity contribution in [1.29, 1.82) is 0 Å². The summed E-state index contributed by atoms with van der Waals surface area (Å²) in [4.78, 5) is 71.4. The Morgan fingerprint density at radius 2 is 1.38 bits per heavy atom. The fourth-order valence-corrected chi connectivity index (χ4v) is 8.50. The number of halogens is 2. The molecule has 2 aliphatic heterocycles.